The van der Waals surface area contributed by atoms with Crippen LogP contribution < -0.4 is 10.6 Å². The molecule has 0 spiro atoms. The number of nitrogen functional groups attached to an aromatic ring is 1. The summed E-state index contributed by atoms with van der Waals surface area (Å²) >= 11 is 6.31. The molecular weight excluding hydrogens is 276 g/mol. The smallest absolute Gasteiger partial charge is 0.279 e. The summed E-state index contributed by atoms with van der Waals surface area (Å²) in [7, 11) is 5.60. The summed E-state index contributed by atoms with van der Waals surface area (Å²) in [5.74, 6) is 0.643. The number of nitrogens with zero attached hydrogens (tertiary/aromatic N) is 3. The van der Waals surface area contributed by atoms with E-state index in [1.165, 1.54) is 7.05 Å². The first-order valence-electron chi connectivity index (χ1n) is 6.78. The van der Waals surface area contributed by atoms with Gasteiger partial charge in [0, 0.05) is 35.4 Å². The average Bonchev–Trinajstić information content (AvgIpc) is 2.78. The molecular formula is C14H22ClN4O+. The maximum absolute atomic E-state index is 11.4. The Morgan fingerprint density at radius 2 is 2.20 bits per heavy atom. The number of anilines is 2. The molecule has 0 aliphatic carbocycles. The van der Waals surface area contributed by atoms with Gasteiger partial charge in [-0.05, 0) is 32.5 Å². The van der Waals surface area contributed by atoms with Crippen LogP contribution in [0.25, 0.3) is 0 Å². The van der Waals surface area contributed by atoms with Gasteiger partial charge in [-0.2, -0.15) is 0 Å². The quantitative estimate of drug-likeness (QED) is 0.685. The Bertz CT molecular complexity index is 518. The zero-order valence-electron chi connectivity index (χ0n) is 12.3. The van der Waals surface area contributed by atoms with E-state index in [2.05, 4.69) is 23.9 Å². The second-order valence-corrected chi connectivity index (χ2v) is 6.13. The Balaban J connectivity index is 2.18. The summed E-state index contributed by atoms with van der Waals surface area (Å²) < 4.78 is 0.740. The van der Waals surface area contributed by atoms with Crippen molar-refractivity contribution in [2.75, 3.05) is 51.4 Å². The highest BCUT2D eigenvalue weighted by atomic mass is 35.5. The summed E-state index contributed by atoms with van der Waals surface area (Å²) in [5, 5.41) is 0.586. The van der Waals surface area contributed by atoms with Gasteiger partial charge in [0.2, 0.25) is 0 Å². The molecule has 2 N–H and O–H groups in total. The third-order valence-electron chi connectivity index (χ3n) is 3.69. The third-order valence-corrected chi connectivity index (χ3v) is 3.99. The fourth-order valence-corrected chi connectivity index (χ4v) is 3.08. The van der Waals surface area contributed by atoms with Gasteiger partial charge in [-0.15, -0.1) is 0 Å². The largest absolute Gasteiger partial charge is 0.393 e. The van der Waals surface area contributed by atoms with Crippen LogP contribution >= 0.6 is 11.6 Å². The molecule has 0 radical (unpaired) electrons. The molecule has 1 unspecified atom stereocenters. The lowest BCUT2D eigenvalue weighted by atomic mass is 10.1. The van der Waals surface area contributed by atoms with Gasteiger partial charge >= 0.3 is 0 Å². The normalized spacial score (nSPS) is 18.9. The van der Waals surface area contributed by atoms with Crippen molar-refractivity contribution in [3.63, 3.8) is 0 Å². The molecule has 1 heterocycles. The van der Waals surface area contributed by atoms with Crippen molar-refractivity contribution in [2.45, 2.75) is 6.42 Å². The molecule has 1 aromatic rings. The average molecular weight is 298 g/mol. The van der Waals surface area contributed by atoms with Crippen molar-refractivity contribution in [2.24, 2.45) is 5.92 Å². The topological polar surface area (TPSA) is 52.6 Å². The second kappa shape index (κ2) is 5.97. The van der Waals surface area contributed by atoms with Crippen LogP contribution in [0.5, 0.6) is 0 Å². The minimum Gasteiger partial charge on any atom is -0.393 e. The molecule has 0 bridgehead atoms. The van der Waals surface area contributed by atoms with Gasteiger partial charge in [-0.3, -0.25) is 0 Å². The van der Waals surface area contributed by atoms with E-state index in [9.17, 15) is 4.91 Å². The van der Waals surface area contributed by atoms with E-state index in [0.717, 1.165) is 36.5 Å². The van der Waals surface area contributed by atoms with Crippen LogP contribution in [-0.2, 0) is 0 Å². The highest BCUT2D eigenvalue weighted by Crippen LogP contribution is 2.36. The molecule has 1 atom stereocenters. The molecule has 2 rings (SSSR count). The Hall–Kier alpha value is -1.33. The standard InChI is InChI=1S/C14H22ClN4O/c1-17(2)8-10-4-5-19(9-10)13-7-12(16)14(18(3)20)6-11(13)15/h6-7,10H,4-5,8-9,16H2,1-3H3/q+1. The molecule has 0 aromatic heterocycles. The summed E-state index contributed by atoms with van der Waals surface area (Å²) in [6.07, 6.45) is 1.15. The predicted molar refractivity (Wildman–Crippen MR) is 83.9 cm³/mol. The van der Waals surface area contributed by atoms with E-state index in [1.807, 2.05) is 6.07 Å². The van der Waals surface area contributed by atoms with Crippen molar-refractivity contribution in [1.82, 2.24) is 4.90 Å². The highest BCUT2D eigenvalue weighted by molar-refractivity contribution is 6.33. The summed E-state index contributed by atoms with van der Waals surface area (Å²) in [6.45, 7) is 3.03. The molecule has 6 heteroatoms. The number of hydrogen-bond acceptors (Lipinski definition) is 4. The zero-order chi connectivity index (χ0) is 14.9. The van der Waals surface area contributed by atoms with Crippen LogP contribution in [0.4, 0.5) is 17.1 Å². The maximum Gasteiger partial charge on any atom is 0.279 e. The molecule has 0 amide bonds. The maximum atomic E-state index is 11.4. The van der Waals surface area contributed by atoms with Crippen molar-refractivity contribution in [3.05, 3.63) is 22.1 Å². The fraction of sp³-hybridized carbons (Fsp3) is 0.571. The van der Waals surface area contributed by atoms with Crippen LogP contribution in [0.2, 0.25) is 5.02 Å². The minimum atomic E-state index is 0.419. The Labute approximate surface area is 124 Å². The van der Waals surface area contributed by atoms with Gasteiger partial charge in [0.15, 0.2) is 7.05 Å². The lowest BCUT2D eigenvalue weighted by Crippen LogP contribution is -2.25. The molecule has 20 heavy (non-hydrogen) atoms. The number of hydrogen-bond donors (Lipinski definition) is 1. The SMILES string of the molecule is CN(C)CC1CCN(c2cc(N)c([N+](C)=O)cc2Cl)C1. The van der Waals surface area contributed by atoms with Crippen LogP contribution in [0.3, 0.4) is 0 Å². The first-order valence-corrected chi connectivity index (χ1v) is 7.16. The van der Waals surface area contributed by atoms with E-state index >= 15 is 0 Å². The highest BCUT2D eigenvalue weighted by Gasteiger charge is 2.26. The first-order chi connectivity index (χ1) is 9.38. The van der Waals surface area contributed by atoms with E-state index in [0.29, 0.717) is 22.3 Å². The van der Waals surface area contributed by atoms with Gasteiger partial charge in [0.25, 0.3) is 5.69 Å². The summed E-state index contributed by atoms with van der Waals surface area (Å²) in [6, 6.07) is 3.46. The molecule has 1 aromatic carbocycles. The number of nitroso groups, excluding NO2 is 1. The number of halogens is 1. The first kappa shape index (κ1) is 15.1. The molecule has 0 saturated carbocycles. The van der Waals surface area contributed by atoms with Crippen LogP contribution in [0.15, 0.2) is 12.1 Å². The van der Waals surface area contributed by atoms with Crippen molar-refractivity contribution in [1.29, 1.82) is 0 Å². The van der Waals surface area contributed by atoms with Gasteiger partial charge in [0.05, 0.1) is 10.7 Å². The molecule has 5 nitrogen and oxygen atoms in total. The van der Waals surface area contributed by atoms with E-state index in [-0.39, 0.29) is 0 Å². The molecule has 1 fully saturated rings. The zero-order valence-corrected chi connectivity index (χ0v) is 13.0. The van der Waals surface area contributed by atoms with Gasteiger partial charge < -0.3 is 15.5 Å². The van der Waals surface area contributed by atoms with Gasteiger partial charge in [0.1, 0.15) is 5.69 Å². The Morgan fingerprint density at radius 3 is 2.80 bits per heavy atom. The number of nitrogens with two attached hydrogens (primary N) is 1. The molecule has 1 aliphatic rings. The Kier molecular flexibility index (Phi) is 4.50. The van der Waals surface area contributed by atoms with Crippen molar-refractivity contribution >= 4 is 28.7 Å². The molecule has 110 valence electrons. The van der Waals surface area contributed by atoms with E-state index in [4.69, 9.17) is 17.3 Å². The second-order valence-electron chi connectivity index (χ2n) is 5.72. The lowest BCUT2D eigenvalue weighted by molar-refractivity contribution is -0.427. The van der Waals surface area contributed by atoms with Crippen LogP contribution in [0, 0.1) is 10.8 Å². The summed E-state index contributed by atoms with van der Waals surface area (Å²) in [5.41, 5.74) is 7.76. The van der Waals surface area contributed by atoms with E-state index in [1.54, 1.807) is 6.07 Å². The van der Waals surface area contributed by atoms with Crippen LogP contribution in [-0.4, -0.2) is 50.4 Å². The van der Waals surface area contributed by atoms with Gasteiger partial charge in [-0.25, -0.2) is 0 Å². The summed E-state index contributed by atoms with van der Waals surface area (Å²) in [4.78, 5) is 15.8. The molecule has 1 saturated heterocycles. The lowest BCUT2D eigenvalue weighted by Gasteiger charge is -2.21. The van der Waals surface area contributed by atoms with Gasteiger partial charge in [-0.1, -0.05) is 11.6 Å². The number of rotatable bonds is 4. The van der Waals surface area contributed by atoms with Crippen molar-refractivity contribution in [3.8, 4) is 0 Å². The fourth-order valence-electron chi connectivity index (χ4n) is 2.80. The monoisotopic (exact) mass is 297 g/mol. The third kappa shape index (κ3) is 3.22. The van der Waals surface area contributed by atoms with Crippen LogP contribution in [0.1, 0.15) is 6.42 Å². The number of benzene rings is 1. The predicted octanol–water partition coefficient (Wildman–Crippen LogP) is 2.35. The van der Waals surface area contributed by atoms with E-state index < -0.39 is 0 Å². The van der Waals surface area contributed by atoms with Crippen molar-refractivity contribution < 1.29 is 4.76 Å². The minimum absolute atomic E-state index is 0.419. The molecule has 1 aliphatic heterocycles. The Morgan fingerprint density at radius 1 is 1.50 bits per heavy atom.